The molecular weight excluding hydrogens is 596 g/mol. The zero-order chi connectivity index (χ0) is 22.0. The first-order chi connectivity index (χ1) is 13.6. The van der Waals surface area contributed by atoms with E-state index in [2.05, 4.69) is 22.6 Å². The minimum atomic E-state index is -0.632. The van der Waals surface area contributed by atoms with Gasteiger partial charge in [-0.3, -0.25) is 4.79 Å². The molecule has 0 aliphatic carbocycles. The Bertz CT molecular complexity index is 748. The lowest BCUT2D eigenvalue weighted by Crippen LogP contribution is -2.33. The van der Waals surface area contributed by atoms with Crippen LogP contribution in [0.4, 0.5) is 0 Å². The van der Waals surface area contributed by atoms with Crippen LogP contribution in [0, 0.1) is 0 Å². The molecule has 1 amide bonds. The summed E-state index contributed by atoms with van der Waals surface area (Å²) in [6, 6.07) is 9.88. The maximum absolute atomic E-state index is 13.0. The maximum atomic E-state index is 13.0. The third-order valence-corrected chi connectivity index (χ3v) is 5.39. The zero-order valence-corrected chi connectivity index (χ0v) is 21.9. The van der Waals surface area contributed by atoms with Crippen LogP contribution in [0.5, 0.6) is 0 Å². The number of carbonyl (C=O) groups is 2. The lowest BCUT2D eigenvalue weighted by molar-refractivity contribution is -0.149. The average molecular weight is 625 g/mol. The van der Waals surface area contributed by atoms with E-state index in [4.69, 9.17) is 9.47 Å². The van der Waals surface area contributed by atoms with E-state index in [1.54, 1.807) is 31.7 Å². The normalized spacial score (nSPS) is 13.0. The fourth-order valence-corrected chi connectivity index (χ4v) is 3.40. The molecule has 0 aliphatic heterocycles. The predicted octanol–water partition coefficient (Wildman–Crippen LogP) is 5.42. The highest BCUT2D eigenvalue weighted by molar-refractivity contribution is 14.1. The van der Waals surface area contributed by atoms with Gasteiger partial charge in [-0.25, -0.2) is 4.79 Å². The first kappa shape index (κ1) is 26.1. The first-order valence-corrected chi connectivity index (χ1v) is 11.6. The largest absolute Gasteiger partial charge is 0.456 e. The minimum absolute atomic E-state index is 0.192. The summed E-state index contributed by atoms with van der Waals surface area (Å²) in [7, 11) is 0. The molecule has 5 nitrogen and oxygen atoms in total. The molecule has 0 aliphatic rings. The van der Waals surface area contributed by atoms with Crippen LogP contribution in [0.15, 0.2) is 49.1 Å². The molecule has 160 valence electrons. The molecule has 7 heteroatoms. The van der Waals surface area contributed by atoms with Gasteiger partial charge in [-0.1, -0.05) is 30.3 Å². The van der Waals surface area contributed by atoms with Crippen molar-refractivity contribution in [2.75, 3.05) is 19.7 Å². The van der Waals surface area contributed by atoms with E-state index in [1.165, 1.54) is 0 Å². The molecule has 0 spiro atoms. The molecule has 0 heterocycles. The Labute approximate surface area is 201 Å². The fourth-order valence-electron chi connectivity index (χ4n) is 2.37. The number of esters is 1. The summed E-state index contributed by atoms with van der Waals surface area (Å²) in [6.45, 7) is 11.2. The van der Waals surface area contributed by atoms with Crippen molar-refractivity contribution in [3.63, 3.8) is 0 Å². The van der Waals surface area contributed by atoms with E-state index in [1.807, 2.05) is 66.8 Å². The lowest BCUT2D eigenvalue weighted by atomic mass is 10.1. The Morgan fingerprint density at radius 2 is 1.66 bits per heavy atom. The number of likely N-dealkylation sites (N-methyl/N-ethyl adjacent to an activating group) is 1. The summed E-state index contributed by atoms with van der Waals surface area (Å²) in [5, 5.41) is 0. The van der Waals surface area contributed by atoms with Crippen LogP contribution in [0.1, 0.15) is 40.2 Å². The molecule has 1 rings (SSSR count). The van der Waals surface area contributed by atoms with E-state index in [0.717, 1.165) is 9.14 Å². The number of benzene rings is 1. The van der Waals surface area contributed by atoms with Gasteiger partial charge < -0.3 is 14.4 Å². The van der Waals surface area contributed by atoms with Crippen LogP contribution in [0.3, 0.4) is 0 Å². The highest BCUT2D eigenvalue weighted by Crippen LogP contribution is 2.24. The fraction of sp³-hybridized carbons (Fsp3) is 0.455. The van der Waals surface area contributed by atoms with Crippen molar-refractivity contribution in [2.24, 2.45) is 0 Å². The number of halogens is 2. The van der Waals surface area contributed by atoms with Crippen LogP contribution in [0.2, 0.25) is 0 Å². The molecule has 0 N–H and O–H groups in total. The Morgan fingerprint density at radius 3 is 2.17 bits per heavy atom. The van der Waals surface area contributed by atoms with Gasteiger partial charge in [0.05, 0.1) is 18.8 Å². The third-order valence-electron chi connectivity index (χ3n) is 3.75. The molecule has 29 heavy (non-hydrogen) atoms. The molecule has 1 aromatic rings. The van der Waals surface area contributed by atoms with E-state index in [0.29, 0.717) is 31.9 Å². The van der Waals surface area contributed by atoms with E-state index in [-0.39, 0.29) is 9.49 Å². The second kappa shape index (κ2) is 12.7. The van der Waals surface area contributed by atoms with Gasteiger partial charge in [0.1, 0.15) is 9.18 Å². The van der Waals surface area contributed by atoms with Crippen molar-refractivity contribution in [1.82, 2.24) is 4.90 Å². The Morgan fingerprint density at radius 1 is 1.07 bits per heavy atom. The number of carbonyl (C=O) groups excluding carboxylic acids is 2. The Balaban J connectivity index is 3.05. The average Bonchev–Trinajstić information content (AvgIpc) is 2.66. The molecule has 0 saturated carbocycles. The van der Waals surface area contributed by atoms with E-state index < -0.39 is 11.6 Å². The van der Waals surface area contributed by atoms with Crippen molar-refractivity contribution in [2.45, 2.75) is 46.8 Å². The van der Waals surface area contributed by atoms with E-state index in [9.17, 15) is 9.59 Å². The quantitative estimate of drug-likeness (QED) is 0.159. The molecular formula is C22H29I2NO4. The van der Waals surface area contributed by atoms with Gasteiger partial charge in [0.2, 0.25) is 0 Å². The topological polar surface area (TPSA) is 55.8 Å². The first-order valence-electron chi connectivity index (χ1n) is 9.49. The molecule has 1 aromatic carbocycles. The van der Waals surface area contributed by atoms with Crippen LogP contribution in [0.25, 0.3) is 0 Å². The van der Waals surface area contributed by atoms with Crippen molar-refractivity contribution in [3.05, 3.63) is 54.7 Å². The second-order valence-electron chi connectivity index (χ2n) is 7.28. The van der Waals surface area contributed by atoms with Gasteiger partial charge in [-0.2, -0.15) is 0 Å². The molecule has 0 fully saturated rings. The van der Waals surface area contributed by atoms with Crippen molar-refractivity contribution >= 4 is 57.1 Å². The Hall–Kier alpha value is -0.940. The number of hydrogen-bond acceptors (Lipinski definition) is 4. The van der Waals surface area contributed by atoms with Gasteiger partial charge in [0.15, 0.2) is 0 Å². The summed E-state index contributed by atoms with van der Waals surface area (Å²) in [6.07, 6.45) is 1.72. The van der Waals surface area contributed by atoms with Gasteiger partial charge in [-0.05, 0) is 91.4 Å². The van der Waals surface area contributed by atoms with Crippen molar-refractivity contribution in [1.29, 1.82) is 0 Å². The zero-order valence-electron chi connectivity index (χ0n) is 17.6. The molecule has 0 radical (unpaired) electrons. The van der Waals surface area contributed by atoms with Gasteiger partial charge in [-0.15, -0.1) is 0 Å². The maximum Gasteiger partial charge on any atom is 0.345 e. The number of rotatable bonds is 9. The van der Waals surface area contributed by atoms with Crippen LogP contribution in [-0.4, -0.2) is 42.1 Å². The molecule has 0 saturated heterocycles. The number of amides is 1. The standard InChI is InChI=1S/C22H29I2NO4/c1-6-25(7-2)20(26)18(19(24)21(27)29-22(3,4)5)13-17(23)15-28-14-16-11-9-8-10-12-16/h8-13H,6-7,14-15H2,1-5H3/b17-13-,19-18+. The van der Waals surface area contributed by atoms with Crippen LogP contribution < -0.4 is 0 Å². The SMILES string of the molecule is CCN(CC)C(=O)C(/C=C(\I)COCc1ccccc1)=C(/I)C(=O)OC(C)(C)C. The summed E-state index contributed by atoms with van der Waals surface area (Å²) in [5.74, 6) is -0.693. The van der Waals surface area contributed by atoms with Gasteiger partial charge in [0, 0.05) is 16.7 Å². The second-order valence-corrected chi connectivity index (χ2v) is 9.74. The van der Waals surface area contributed by atoms with Crippen LogP contribution in [-0.2, 0) is 25.7 Å². The van der Waals surface area contributed by atoms with Gasteiger partial charge in [0.25, 0.3) is 5.91 Å². The molecule has 0 atom stereocenters. The lowest BCUT2D eigenvalue weighted by Gasteiger charge is -2.22. The number of ether oxygens (including phenoxy) is 2. The predicted molar refractivity (Wildman–Crippen MR) is 133 cm³/mol. The minimum Gasteiger partial charge on any atom is -0.456 e. The van der Waals surface area contributed by atoms with Crippen LogP contribution >= 0.6 is 45.2 Å². The number of nitrogens with zero attached hydrogens (tertiary/aromatic N) is 1. The van der Waals surface area contributed by atoms with E-state index >= 15 is 0 Å². The third kappa shape index (κ3) is 9.61. The highest BCUT2D eigenvalue weighted by Gasteiger charge is 2.25. The molecule has 0 aromatic heterocycles. The number of hydrogen-bond donors (Lipinski definition) is 0. The molecule has 0 unspecified atom stereocenters. The Kier molecular flexibility index (Phi) is 11.4. The van der Waals surface area contributed by atoms with Crippen molar-refractivity contribution < 1.29 is 19.1 Å². The summed E-state index contributed by atoms with van der Waals surface area (Å²) < 4.78 is 12.3. The summed E-state index contributed by atoms with van der Waals surface area (Å²) >= 11 is 4.04. The molecule has 0 bridgehead atoms. The monoisotopic (exact) mass is 625 g/mol. The smallest absolute Gasteiger partial charge is 0.345 e. The van der Waals surface area contributed by atoms with Crippen molar-refractivity contribution in [3.8, 4) is 0 Å². The summed E-state index contributed by atoms with van der Waals surface area (Å²) in [4.78, 5) is 27.3. The highest BCUT2D eigenvalue weighted by atomic mass is 127. The summed E-state index contributed by atoms with van der Waals surface area (Å²) in [5.41, 5.74) is 0.776. The van der Waals surface area contributed by atoms with Gasteiger partial charge >= 0.3 is 5.97 Å².